The molecule has 1 unspecified atom stereocenters. The molecule has 2 aromatic carbocycles. The molecule has 27 heavy (non-hydrogen) atoms. The highest BCUT2D eigenvalue weighted by Crippen LogP contribution is 2.25. The minimum Gasteiger partial charge on any atom is -0.345 e. The van der Waals surface area contributed by atoms with Crippen LogP contribution in [0.1, 0.15) is 54.6 Å². The van der Waals surface area contributed by atoms with Crippen LogP contribution in [-0.2, 0) is 0 Å². The van der Waals surface area contributed by atoms with Crippen LogP contribution >= 0.6 is 0 Å². The molecule has 2 aromatic rings. The van der Waals surface area contributed by atoms with E-state index in [1.807, 2.05) is 30.3 Å². The number of nitrogens with zero attached hydrogens (tertiary/aromatic N) is 2. The van der Waals surface area contributed by atoms with Crippen molar-refractivity contribution in [3.8, 4) is 0 Å². The van der Waals surface area contributed by atoms with Crippen LogP contribution in [0.3, 0.4) is 0 Å². The molecule has 8 nitrogen and oxygen atoms in total. The summed E-state index contributed by atoms with van der Waals surface area (Å²) in [7, 11) is 0. The number of carbonyl (C=O) groups excluding carboxylic acids is 1. The van der Waals surface area contributed by atoms with Crippen molar-refractivity contribution in [1.29, 1.82) is 0 Å². The Labute approximate surface area is 156 Å². The second-order valence-corrected chi connectivity index (χ2v) is 6.18. The van der Waals surface area contributed by atoms with Gasteiger partial charge in [-0.25, -0.2) is 0 Å². The van der Waals surface area contributed by atoms with Gasteiger partial charge in [0.25, 0.3) is 17.3 Å². The first-order valence-electron chi connectivity index (χ1n) is 8.72. The highest BCUT2D eigenvalue weighted by atomic mass is 16.6. The van der Waals surface area contributed by atoms with Crippen LogP contribution in [0.25, 0.3) is 0 Å². The molecule has 0 heterocycles. The summed E-state index contributed by atoms with van der Waals surface area (Å²) in [6.45, 7) is 2.08. The lowest BCUT2D eigenvalue weighted by Gasteiger charge is -2.19. The van der Waals surface area contributed by atoms with Crippen LogP contribution in [-0.4, -0.2) is 15.8 Å². The zero-order valence-electron chi connectivity index (χ0n) is 15.0. The standard InChI is InChI=1S/C19H21N3O5/c1-2-3-5-10-18(14-8-6-4-7-9-14)20-19(23)15-11-16(21(24)25)13-17(12-15)22(26)27/h4,6-9,11-13,18H,2-3,5,10H2,1H3,(H,20,23). The monoisotopic (exact) mass is 371 g/mol. The number of rotatable bonds is 9. The molecule has 0 aliphatic heterocycles. The van der Waals surface area contributed by atoms with E-state index in [4.69, 9.17) is 0 Å². The highest BCUT2D eigenvalue weighted by Gasteiger charge is 2.22. The Morgan fingerprint density at radius 3 is 2.11 bits per heavy atom. The maximum Gasteiger partial charge on any atom is 0.277 e. The Bertz CT molecular complexity index is 791. The molecule has 2 rings (SSSR count). The number of nitro benzene ring substituents is 2. The van der Waals surface area contributed by atoms with Crippen LogP contribution < -0.4 is 5.32 Å². The smallest absolute Gasteiger partial charge is 0.277 e. The summed E-state index contributed by atoms with van der Waals surface area (Å²) in [5, 5.41) is 24.9. The minimum absolute atomic E-state index is 0.104. The predicted molar refractivity (Wildman–Crippen MR) is 101 cm³/mol. The fraction of sp³-hybridized carbons (Fsp3) is 0.316. The average Bonchev–Trinajstić information content (AvgIpc) is 2.67. The first kappa shape index (κ1) is 20.0. The van der Waals surface area contributed by atoms with Gasteiger partial charge in [-0.2, -0.15) is 0 Å². The molecule has 0 saturated carbocycles. The van der Waals surface area contributed by atoms with Crippen molar-refractivity contribution < 1.29 is 14.6 Å². The van der Waals surface area contributed by atoms with Crippen molar-refractivity contribution in [2.24, 2.45) is 0 Å². The number of nitro groups is 2. The van der Waals surface area contributed by atoms with Gasteiger partial charge < -0.3 is 5.32 Å². The third-order valence-electron chi connectivity index (χ3n) is 4.19. The second kappa shape index (κ2) is 9.42. The van der Waals surface area contributed by atoms with Crippen LogP contribution in [0.15, 0.2) is 48.5 Å². The molecule has 1 atom stereocenters. The molecule has 0 bridgehead atoms. The van der Waals surface area contributed by atoms with E-state index < -0.39 is 27.1 Å². The summed E-state index contributed by atoms with van der Waals surface area (Å²) in [6.07, 6.45) is 3.67. The van der Waals surface area contributed by atoms with Crippen molar-refractivity contribution in [2.75, 3.05) is 0 Å². The van der Waals surface area contributed by atoms with Gasteiger partial charge in [0.15, 0.2) is 0 Å². The van der Waals surface area contributed by atoms with Gasteiger partial charge in [-0.15, -0.1) is 0 Å². The fourth-order valence-electron chi connectivity index (χ4n) is 2.78. The second-order valence-electron chi connectivity index (χ2n) is 6.18. The quantitative estimate of drug-likeness (QED) is 0.394. The SMILES string of the molecule is CCCCCC(NC(=O)c1cc([N+](=O)[O-])cc([N+](=O)[O-])c1)c1ccccc1. The van der Waals surface area contributed by atoms with E-state index in [0.29, 0.717) is 6.42 Å². The number of hydrogen-bond donors (Lipinski definition) is 1. The van der Waals surface area contributed by atoms with Gasteiger partial charge in [-0.1, -0.05) is 56.5 Å². The van der Waals surface area contributed by atoms with E-state index in [-0.39, 0.29) is 11.6 Å². The number of unbranched alkanes of at least 4 members (excludes halogenated alkanes) is 2. The molecule has 0 saturated heterocycles. The first-order chi connectivity index (χ1) is 12.9. The largest absolute Gasteiger partial charge is 0.345 e. The molecular weight excluding hydrogens is 350 g/mol. The van der Waals surface area contributed by atoms with Crippen LogP contribution in [0.5, 0.6) is 0 Å². The molecule has 8 heteroatoms. The third-order valence-corrected chi connectivity index (χ3v) is 4.19. The average molecular weight is 371 g/mol. The molecule has 142 valence electrons. The van der Waals surface area contributed by atoms with E-state index in [1.54, 1.807) is 0 Å². The lowest BCUT2D eigenvalue weighted by Crippen LogP contribution is -2.28. The van der Waals surface area contributed by atoms with Gasteiger partial charge in [0, 0.05) is 12.1 Å². The number of carbonyl (C=O) groups is 1. The topological polar surface area (TPSA) is 115 Å². The van der Waals surface area contributed by atoms with Gasteiger partial charge >= 0.3 is 0 Å². The molecule has 0 aliphatic rings. The lowest BCUT2D eigenvalue weighted by molar-refractivity contribution is -0.394. The predicted octanol–water partition coefficient (Wildman–Crippen LogP) is 4.55. The maximum atomic E-state index is 12.7. The Morgan fingerprint density at radius 1 is 1.00 bits per heavy atom. The van der Waals surface area contributed by atoms with Crippen molar-refractivity contribution in [3.63, 3.8) is 0 Å². The Morgan fingerprint density at radius 2 is 1.59 bits per heavy atom. The molecule has 0 radical (unpaired) electrons. The van der Waals surface area contributed by atoms with Crippen LogP contribution in [0, 0.1) is 20.2 Å². The van der Waals surface area contributed by atoms with Gasteiger partial charge in [0.05, 0.1) is 27.5 Å². The third kappa shape index (κ3) is 5.60. The Balaban J connectivity index is 2.28. The van der Waals surface area contributed by atoms with Crippen molar-refractivity contribution in [1.82, 2.24) is 5.32 Å². The molecule has 1 N–H and O–H groups in total. The van der Waals surface area contributed by atoms with Gasteiger partial charge in [0.2, 0.25) is 0 Å². The summed E-state index contributed by atoms with van der Waals surface area (Å²) in [6, 6.07) is 12.1. The van der Waals surface area contributed by atoms with Gasteiger partial charge in [-0.3, -0.25) is 25.0 Å². The summed E-state index contributed by atoms with van der Waals surface area (Å²) < 4.78 is 0. The summed E-state index contributed by atoms with van der Waals surface area (Å²) in [5.41, 5.74) is -0.164. The maximum absolute atomic E-state index is 12.7. The summed E-state index contributed by atoms with van der Waals surface area (Å²) in [4.78, 5) is 33.2. The number of benzene rings is 2. The zero-order chi connectivity index (χ0) is 19.8. The molecule has 0 spiro atoms. The number of amides is 1. The lowest BCUT2D eigenvalue weighted by atomic mass is 10.00. The van der Waals surface area contributed by atoms with E-state index in [1.165, 1.54) is 0 Å². The molecule has 0 aliphatic carbocycles. The van der Waals surface area contributed by atoms with E-state index >= 15 is 0 Å². The van der Waals surface area contributed by atoms with E-state index in [0.717, 1.165) is 43.0 Å². The molecule has 0 aromatic heterocycles. The Kier molecular flexibility index (Phi) is 6.99. The van der Waals surface area contributed by atoms with Crippen molar-refractivity contribution >= 4 is 17.3 Å². The minimum atomic E-state index is -0.750. The van der Waals surface area contributed by atoms with E-state index in [9.17, 15) is 25.0 Å². The fourth-order valence-corrected chi connectivity index (χ4v) is 2.78. The molecule has 0 fully saturated rings. The Hall–Kier alpha value is -3.29. The first-order valence-corrected chi connectivity index (χ1v) is 8.72. The highest BCUT2D eigenvalue weighted by molar-refractivity contribution is 5.95. The summed E-state index contributed by atoms with van der Waals surface area (Å²) in [5.74, 6) is -0.577. The molecular formula is C19H21N3O5. The number of hydrogen-bond acceptors (Lipinski definition) is 5. The number of nitrogens with one attached hydrogen (secondary N) is 1. The van der Waals surface area contributed by atoms with Gasteiger partial charge in [0.1, 0.15) is 0 Å². The molecule has 1 amide bonds. The summed E-state index contributed by atoms with van der Waals surface area (Å²) >= 11 is 0. The number of non-ortho nitro benzene ring substituents is 2. The van der Waals surface area contributed by atoms with Crippen LogP contribution in [0.4, 0.5) is 11.4 Å². The normalized spacial score (nSPS) is 11.6. The zero-order valence-corrected chi connectivity index (χ0v) is 15.0. The van der Waals surface area contributed by atoms with Crippen LogP contribution in [0.2, 0.25) is 0 Å². The van der Waals surface area contributed by atoms with Crippen molar-refractivity contribution in [2.45, 2.75) is 38.6 Å². The van der Waals surface area contributed by atoms with Crippen molar-refractivity contribution in [3.05, 3.63) is 79.9 Å². The van der Waals surface area contributed by atoms with E-state index in [2.05, 4.69) is 12.2 Å². The van der Waals surface area contributed by atoms with Gasteiger partial charge in [-0.05, 0) is 12.0 Å².